The van der Waals surface area contributed by atoms with Crippen LogP contribution in [0.4, 0.5) is 0 Å². The molecule has 4 aromatic rings. The topological polar surface area (TPSA) is 51.8 Å². The first-order valence-corrected chi connectivity index (χ1v) is 10.2. The Morgan fingerprint density at radius 1 is 1.08 bits per heavy atom. The van der Waals surface area contributed by atoms with Gasteiger partial charge in [0.2, 0.25) is 5.89 Å². The van der Waals surface area contributed by atoms with Crippen molar-refractivity contribution < 1.29 is 4.42 Å². The molecule has 7 heteroatoms. The molecule has 0 aliphatic carbocycles. The van der Waals surface area contributed by atoms with E-state index in [-0.39, 0.29) is 0 Å². The maximum Gasteiger partial charge on any atom is 0.277 e. The van der Waals surface area contributed by atoms with Crippen molar-refractivity contribution in [3.63, 3.8) is 0 Å². The molecular weight excluding hydrogens is 386 g/mol. The smallest absolute Gasteiger partial charge is 0.277 e. The summed E-state index contributed by atoms with van der Waals surface area (Å²) in [6.45, 7) is 2.04. The SMILES string of the molecule is Cc1cccc(-c2nnc(SCc3csc(-c4ccc(Cl)cc4)n3)o2)c1. The third kappa shape index (κ3) is 3.98. The van der Waals surface area contributed by atoms with Crippen LogP contribution in [0.1, 0.15) is 11.3 Å². The molecule has 0 bridgehead atoms. The van der Waals surface area contributed by atoms with E-state index in [1.54, 1.807) is 11.3 Å². The van der Waals surface area contributed by atoms with Gasteiger partial charge in [0.25, 0.3) is 5.22 Å². The summed E-state index contributed by atoms with van der Waals surface area (Å²) >= 11 is 9.03. The fraction of sp³-hybridized carbons (Fsp3) is 0.105. The molecule has 4 nitrogen and oxygen atoms in total. The predicted molar refractivity (Wildman–Crippen MR) is 107 cm³/mol. The van der Waals surface area contributed by atoms with E-state index in [9.17, 15) is 0 Å². The Kier molecular flexibility index (Phi) is 5.06. The van der Waals surface area contributed by atoms with Crippen LogP contribution in [0, 0.1) is 6.92 Å². The fourth-order valence-electron chi connectivity index (χ4n) is 2.40. The second kappa shape index (κ2) is 7.61. The Labute approximate surface area is 164 Å². The number of hydrogen-bond donors (Lipinski definition) is 0. The molecule has 0 spiro atoms. The Morgan fingerprint density at radius 3 is 2.73 bits per heavy atom. The third-order valence-electron chi connectivity index (χ3n) is 3.66. The van der Waals surface area contributed by atoms with Crippen LogP contribution in [0.2, 0.25) is 5.02 Å². The van der Waals surface area contributed by atoms with Gasteiger partial charge in [0.1, 0.15) is 5.01 Å². The van der Waals surface area contributed by atoms with Crippen molar-refractivity contribution in [3.05, 3.63) is 70.2 Å². The molecule has 0 radical (unpaired) electrons. The van der Waals surface area contributed by atoms with Crippen molar-refractivity contribution in [2.75, 3.05) is 0 Å². The molecule has 0 fully saturated rings. The monoisotopic (exact) mass is 399 g/mol. The molecule has 0 N–H and O–H groups in total. The van der Waals surface area contributed by atoms with Crippen LogP contribution >= 0.6 is 34.7 Å². The number of thiazole rings is 1. The van der Waals surface area contributed by atoms with Gasteiger partial charge in [-0.1, -0.05) is 53.2 Å². The number of halogens is 1. The van der Waals surface area contributed by atoms with Gasteiger partial charge >= 0.3 is 0 Å². The quantitative estimate of drug-likeness (QED) is 0.378. The molecule has 0 amide bonds. The number of hydrogen-bond acceptors (Lipinski definition) is 6. The molecule has 130 valence electrons. The van der Waals surface area contributed by atoms with E-state index in [0.717, 1.165) is 32.4 Å². The minimum atomic E-state index is 0.538. The van der Waals surface area contributed by atoms with Crippen LogP contribution in [0.5, 0.6) is 0 Å². The highest BCUT2D eigenvalue weighted by Crippen LogP contribution is 2.29. The van der Waals surface area contributed by atoms with Crippen molar-refractivity contribution in [1.82, 2.24) is 15.2 Å². The molecule has 4 rings (SSSR count). The summed E-state index contributed by atoms with van der Waals surface area (Å²) in [7, 11) is 0. The summed E-state index contributed by atoms with van der Waals surface area (Å²) in [6.07, 6.45) is 0. The molecule has 0 saturated carbocycles. The average molecular weight is 400 g/mol. The second-order valence-electron chi connectivity index (χ2n) is 5.68. The highest BCUT2D eigenvalue weighted by atomic mass is 35.5. The van der Waals surface area contributed by atoms with Crippen molar-refractivity contribution >= 4 is 34.7 Å². The first-order chi connectivity index (χ1) is 12.7. The molecule has 2 heterocycles. The van der Waals surface area contributed by atoms with Gasteiger partial charge < -0.3 is 4.42 Å². The van der Waals surface area contributed by atoms with Gasteiger partial charge in [0.05, 0.1) is 5.69 Å². The average Bonchev–Trinajstić information content (AvgIpc) is 3.30. The Balaban J connectivity index is 1.43. The zero-order chi connectivity index (χ0) is 17.9. The molecule has 2 aromatic carbocycles. The van der Waals surface area contributed by atoms with E-state index in [1.165, 1.54) is 11.8 Å². The third-order valence-corrected chi connectivity index (χ3v) is 5.70. The van der Waals surface area contributed by atoms with E-state index in [1.807, 2.05) is 55.5 Å². The number of aryl methyl sites for hydroxylation is 1. The second-order valence-corrected chi connectivity index (χ2v) is 7.90. The number of rotatable bonds is 5. The van der Waals surface area contributed by atoms with E-state index in [0.29, 0.717) is 16.9 Å². The molecule has 0 unspecified atom stereocenters. The summed E-state index contributed by atoms with van der Waals surface area (Å²) in [6, 6.07) is 15.7. The molecule has 2 aromatic heterocycles. The largest absolute Gasteiger partial charge is 0.411 e. The standard InChI is InChI=1S/C19H14ClN3OS2/c1-12-3-2-4-14(9-12)17-22-23-19(24-17)26-11-16-10-25-18(21-16)13-5-7-15(20)8-6-13/h2-10H,11H2,1H3. The summed E-state index contributed by atoms with van der Waals surface area (Å²) in [5, 5.41) is 12.5. The van der Waals surface area contributed by atoms with Crippen molar-refractivity contribution in [2.24, 2.45) is 0 Å². The van der Waals surface area contributed by atoms with E-state index < -0.39 is 0 Å². The van der Waals surface area contributed by atoms with Gasteiger partial charge in [-0.05, 0) is 31.2 Å². The van der Waals surface area contributed by atoms with Gasteiger partial charge in [-0.2, -0.15) is 0 Å². The lowest BCUT2D eigenvalue weighted by Crippen LogP contribution is -1.82. The Bertz CT molecular complexity index is 1030. The van der Waals surface area contributed by atoms with Crippen molar-refractivity contribution in [3.8, 4) is 22.0 Å². The minimum absolute atomic E-state index is 0.538. The lowest BCUT2D eigenvalue weighted by molar-refractivity contribution is 0.466. The summed E-state index contributed by atoms with van der Waals surface area (Å²) < 4.78 is 5.75. The molecule has 0 aliphatic rings. The molecule has 0 saturated heterocycles. The molecule has 0 atom stereocenters. The normalized spacial score (nSPS) is 11.0. The van der Waals surface area contributed by atoms with Crippen LogP contribution in [-0.2, 0) is 5.75 Å². The fourth-order valence-corrected chi connectivity index (χ4v) is 4.11. The maximum atomic E-state index is 5.93. The minimum Gasteiger partial charge on any atom is -0.411 e. The van der Waals surface area contributed by atoms with Crippen molar-refractivity contribution in [1.29, 1.82) is 0 Å². The lowest BCUT2D eigenvalue weighted by Gasteiger charge is -1.97. The summed E-state index contributed by atoms with van der Waals surface area (Å²) in [5.41, 5.74) is 4.14. The van der Waals surface area contributed by atoms with Crippen LogP contribution in [-0.4, -0.2) is 15.2 Å². The summed E-state index contributed by atoms with van der Waals surface area (Å²) in [5.74, 6) is 1.22. The van der Waals surface area contributed by atoms with Gasteiger partial charge in [-0.15, -0.1) is 21.5 Å². The van der Waals surface area contributed by atoms with Gasteiger partial charge in [-0.3, -0.25) is 0 Å². The van der Waals surface area contributed by atoms with E-state index >= 15 is 0 Å². The molecule has 0 aliphatic heterocycles. The van der Waals surface area contributed by atoms with Crippen LogP contribution in [0.25, 0.3) is 22.0 Å². The van der Waals surface area contributed by atoms with Gasteiger partial charge in [-0.25, -0.2) is 4.98 Å². The first-order valence-electron chi connectivity index (χ1n) is 7.91. The Hall–Kier alpha value is -2.15. The highest BCUT2D eigenvalue weighted by molar-refractivity contribution is 7.98. The zero-order valence-corrected chi connectivity index (χ0v) is 16.2. The first kappa shape index (κ1) is 17.3. The van der Waals surface area contributed by atoms with Crippen LogP contribution in [0.15, 0.2) is 63.6 Å². The number of thioether (sulfide) groups is 1. The molecule has 26 heavy (non-hydrogen) atoms. The lowest BCUT2D eigenvalue weighted by atomic mass is 10.1. The van der Waals surface area contributed by atoms with Crippen molar-refractivity contribution in [2.45, 2.75) is 17.9 Å². The maximum absolute atomic E-state index is 5.93. The van der Waals surface area contributed by atoms with Crippen LogP contribution < -0.4 is 0 Å². The Morgan fingerprint density at radius 2 is 1.92 bits per heavy atom. The number of nitrogens with zero attached hydrogens (tertiary/aromatic N) is 3. The number of benzene rings is 2. The zero-order valence-electron chi connectivity index (χ0n) is 13.8. The van der Waals surface area contributed by atoms with E-state index in [2.05, 4.69) is 20.6 Å². The van der Waals surface area contributed by atoms with Gasteiger partial charge in [0.15, 0.2) is 0 Å². The predicted octanol–water partition coefficient (Wildman–Crippen LogP) is 6.11. The number of aromatic nitrogens is 3. The van der Waals surface area contributed by atoms with E-state index in [4.69, 9.17) is 16.0 Å². The molecular formula is C19H14ClN3OS2. The van der Waals surface area contributed by atoms with Gasteiger partial charge in [0, 0.05) is 27.3 Å². The van der Waals surface area contributed by atoms with Crippen LogP contribution in [0.3, 0.4) is 0 Å². The summed E-state index contributed by atoms with van der Waals surface area (Å²) in [4.78, 5) is 4.67. The highest BCUT2D eigenvalue weighted by Gasteiger charge is 2.11.